The van der Waals surface area contributed by atoms with Crippen molar-refractivity contribution in [2.24, 2.45) is 5.92 Å². The van der Waals surface area contributed by atoms with Crippen molar-refractivity contribution in [2.45, 2.75) is 25.3 Å². The molecule has 2 aromatic heterocycles. The van der Waals surface area contributed by atoms with Crippen molar-refractivity contribution in [1.82, 2.24) is 20.1 Å². The average molecular weight is 366 g/mol. The molecule has 0 unspecified atom stereocenters. The first-order chi connectivity index (χ1) is 13.1. The molecule has 27 heavy (non-hydrogen) atoms. The van der Waals surface area contributed by atoms with E-state index in [1.54, 1.807) is 12.4 Å². The van der Waals surface area contributed by atoms with Gasteiger partial charge in [-0.1, -0.05) is 0 Å². The number of carbonyl (C=O) groups is 1. The topological polar surface area (TPSA) is 59.8 Å². The van der Waals surface area contributed by atoms with E-state index in [2.05, 4.69) is 15.4 Å². The van der Waals surface area contributed by atoms with Crippen LogP contribution in [0.3, 0.4) is 0 Å². The summed E-state index contributed by atoms with van der Waals surface area (Å²) < 4.78 is 29.1. The minimum absolute atomic E-state index is 0.174. The normalized spacial score (nSPS) is 19.5. The molecule has 1 fully saturated rings. The van der Waals surface area contributed by atoms with E-state index in [4.69, 9.17) is 0 Å². The van der Waals surface area contributed by atoms with Crippen molar-refractivity contribution in [3.63, 3.8) is 0 Å². The summed E-state index contributed by atoms with van der Waals surface area (Å²) >= 11 is 0. The van der Waals surface area contributed by atoms with E-state index in [1.165, 1.54) is 16.8 Å². The van der Waals surface area contributed by atoms with Crippen molar-refractivity contribution in [1.29, 1.82) is 0 Å². The van der Waals surface area contributed by atoms with Gasteiger partial charge in [-0.15, -0.1) is 0 Å². The van der Waals surface area contributed by atoms with Gasteiger partial charge in [0.1, 0.15) is 11.5 Å². The van der Waals surface area contributed by atoms with Crippen molar-refractivity contribution >= 4 is 5.91 Å². The van der Waals surface area contributed by atoms with Crippen LogP contribution < -0.4 is 5.32 Å². The number of hydrogen-bond acceptors (Lipinski definition) is 3. The summed E-state index contributed by atoms with van der Waals surface area (Å²) in [4.78, 5) is 16.7. The summed E-state index contributed by atoms with van der Waals surface area (Å²) in [6, 6.07) is 7.06. The van der Waals surface area contributed by atoms with Crippen LogP contribution in [0.15, 0.2) is 42.7 Å². The Kier molecular flexibility index (Phi) is 3.56. The third-order valence-electron chi connectivity index (χ3n) is 5.32. The second kappa shape index (κ2) is 5.97. The summed E-state index contributed by atoms with van der Waals surface area (Å²) in [5, 5.41) is 7.28. The number of carbonyl (C=O) groups excluding carboxylic acids is 1. The minimum Gasteiger partial charge on any atom is -0.347 e. The molecule has 7 heteroatoms. The standard InChI is InChI=1S/C20H16F2N4O/c21-13-1-2-17(16(22)9-13)26-19-14-7-12(14)8-15(19)18(25-26)20(27)24-10-11-3-5-23-6-4-11/h1-6,9,12,14H,7-8,10H2,(H,24,27)/t12-,14-/m1/s1. The van der Waals surface area contributed by atoms with Crippen LogP contribution in [0.5, 0.6) is 0 Å². The fourth-order valence-electron chi connectivity index (χ4n) is 3.90. The lowest BCUT2D eigenvalue weighted by atomic mass is 10.1. The molecule has 2 heterocycles. The molecule has 0 saturated heterocycles. The van der Waals surface area contributed by atoms with E-state index in [9.17, 15) is 13.6 Å². The summed E-state index contributed by atoms with van der Waals surface area (Å²) in [6.45, 7) is 0.362. The predicted octanol–water partition coefficient (Wildman–Crippen LogP) is 3.14. The van der Waals surface area contributed by atoms with Crippen molar-refractivity contribution in [3.8, 4) is 5.69 Å². The number of nitrogens with one attached hydrogen (secondary N) is 1. The molecule has 1 aromatic carbocycles. The van der Waals surface area contributed by atoms with Crippen LogP contribution in [-0.4, -0.2) is 20.7 Å². The van der Waals surface area contributed by atoms with Crippen LogP contribution in [-0.2, 0) is 13.0 Å². The molecule has 0 bridgehead atoms. The maximum atomic E-state index is 14.3. The summed E-state index contributed by atoms with van der Waals surface area (Å²) in [7, 11) is 0. The van der Waals surface area contributed by atoms with Gasteiger partial charge in [-0.25, -0.2) is 13.5 Å². The third-order valence-corrected chi connectivity index (χ3v) is 5.32. The highest BCUT2D eigenvalue weighted by molar-refractivity contribution is 5.94. The summed E-state index contributed by atoms with van der Waals surface area (Å²) in [5.74, 6) is -0.809. The Balaban J connectivity index is 1.49. The molecule has 5 nitrogen and oxygen atoms in total. The highest BCUT2D eigenvalue weighted by Crippen LogP contribution is 2.57. The molecule has 2 atom stereocenters. The zero-order valence-electron chi connectivity index (χ0n) is 14.3. The molecule has 2 aliphatic carbocycles. The second-order valence-electron chi connectivity index (χ2n) is 7.06. The number of nitrogens with zero attached hydrogens (tertiary/aromatic N) is 3. The van der Waals surface area contributed by atoms with Gasteiger partial charge in [-0.05, 0) is 48.6 Å². The number of halogens is 2. The van der Waals surface area contributed by atoms with Crippen LogP contribution in [0.4, 0.5) is 8.78 Å². The van der Waals surface area contributed by atoms with Crippen LogP contribution >= 0.6 is 0 Å². The first-order valence-corrected chi connectivity index (χ1v) is 8.86. The van der Waals surface area contributed by atoms with Gasteiger partial charge >= 0.3 is 0 Å². The molecule has 2 aliphatic rings. The zero-order valence-corrected chi connectivity index (χ0v) is 14.3. The van der Waals surface area contributed by atoms with E-state index in [1.807, 2.05) is 12.1 Å². The van der Waals surface area contributed by atoms with Gasteiger partial charge in [-0.2, -0.15) is 5.10 Å². The lowest BCUT2D eigenvalue weighted by Crippen LogP contribution is -2.24. The number of fused-ring (bicyclic) bond motifs is 3. The van der Waals surface area contributed by atoms with Gasteiger partial charge in [0.15, 0.2) is 11.5 Å². The van der Waals surface area contributed by atoms with E-state index in [0.29, 0.717) is 24.1 Å². The number of rotatable bonds is 4. The van der Waals surface area contributed by atoms with E-state index < -0.39 is 11.6 Å². The molecule has 136 valence electrons. The zero-order chi connectivity index (χ0) is 18.5. The molecule has 1 amide bonds. The van der Waals surface area contributed by atoms with E-state index >= 15 is 0 Å². The molecular weight excluding hydrogens is 350 g/mol. The Bertz CT molecular complexity index is 1050. The number of benzene rings is 1. The first kappa shape index (κ1) is 16.1. The van der Waals surface area contributed by atoms with E-state index in [0.717, 1.165) is 35.7 Å². The monoisotopic (exact) mass is 366 g/mol. The molecule has 3 aromatic rings. The van der Waals surface area contributed by atoms with Crippen LogP contribution in [0, 0.1) is 17.6 Å². The van der Waals surface area contributed by atoms with Crippen LogP contribution in [0.2, 0.25) is 0 Å². The highest BCUT2D eigenvalue weighted by Gasteiger charge is 2.50. The molecule has 1 saturated carbocycles. The fraction of sp³-hybridized carbons (Fsp3) is 0.250. The van der Waals surface area contributed by atoms with Gasteiger partial charge < -0.3 is 5.32 Å². The minimum atomic E-state index is -0.687. The van der Waals surface area contributed by atoms with Crippen molar-refractivity contribution in [3.05, 3.63) is 76.9 Å². The maximum absolute atomic E-state index is 14.3. The van der Waals surface area contributed by atoms with E-state index in [-0.39, 0.29) is 11.6 Å². The number of pyridine rings is 1. The smallest absolute Gasteiger partial charge is 0.272 e. The number of amides is 1. The molecule has 0 radical (unpaired) electrons. The fourth-order valence-corrected chi connectivity index (χ4v) is 3.90. The Morgan fingerprint density at radius 1 is 1.22 bits per heavy atom. The van der Waals surface area contributed by atoms with Crippen LogP contribution in [0.25, 0.3) is 5.69 Å². The van der Waals surface area contributed by atoms with Crippen molar-refractivity contribution in [2.75, 3.05) is 0 Å². The van der Waals surface area contributed by atoms with Crippen molar-refractivity contribution < 1.29 is 13.6 Å². The molecular formula is C20H16F2N4O. The average Bonchev–Trinajstić information content (AvgIpc) is 3.17. The first-order valence-electron chi connectivity index (χ1n) is 8.86. The van der Waals surface area contributed by atoms with Gasteiger partial charge in [-0.3, -0.25) is 9.78 Å². The van der Waals surface area contributed by atoms with Gasteiger partial charge in [0.05, 0.1) is 5.69 Å². The van der Waals surface area contributed by atoms with Gasteiger partial charge in [0.2, 0.25) is 0 Å². The van der Waals surface area contributed by atoms with Gasteiger partial charge in [0.25, 0.3) is 5.91 Å². The Morgan fingerprint density at radius 3 is 2.81 bits per heavy atom. The predicted molar refractivity (Wildman–Crippen MR) is 93.4 cm³/mol. The third kappa shape index (κ3) is 2.70. The molecule has 5 rings (SSSR count). The summed E-state index contributed by atoms with van der Waals surface area (Å²) in [6.07, 6.45) is 5.14. The SMILES string of the molecule is O=C(NCc1ccncc1)c1nn(-c2ccc(F)cc2F)c2c1C[C@H]1C[C@@H]21. The lowest BCUT2D eigenvalue weighted by Gasteiger charge is -2.07. The lowest BCUT2D eigenvalue weighted by molar-refractivity contribution is 0.0944. The van der Waals surface area contributed by atoms with Gasteiger partial charge in [0, 0.05) is 36.5 Å². The molecule has 0 aliphatic heterocycles. The Morgan fingerprint density at radius 2 is 2.04 bits per heavy atom. The number of aromatic nitrogens is 3. The Hall–Kier alpha value is -3.09. The molecule has 1 N–H and O–H groups in total. The summed E-state index contributed by atoms with van der Waals surface area (Å²) in [5.41, 5.74) is 3.21. The Labute approximate surface area is 154 Å². The maximum Gasteiger partial charge on any atom is 0.272 e. The van der Waals surface area contributed by atoms with Crippen LogP contribution in [0.1, 0.15) is 39.6 Å². The highest BCUT2D eigenvalue weighted by atomic mass is 19.1. The molecule has 0 spiro atoms. The number of hydrogen-bond donors (Lipinski definition) is 1. The second-order valence-corrected chi connectivity index (χ2v) is 7.06. The largest absolute Gasteiger partial charge is 0.347 e. The quantitative estimate of drug-likeness (QED) is 0.772.